The molecule has 0 bridgehead atoms. The summed E-state index contributed by atoms with van der Waals surface area (Å²) in [5.74, 6) is 0.420. The summed E-state index contributed by atoms with van der Waals surface area (Å²) in [7, 11) is 0. The molecule has 2 N–H and O–H groups in total. The van der Waals surface area contributed by atoms with E-state index in [1.54, 1.807) is 12.1 Å². The molecule has 4 heteroatoms. The van der Waals surface area contributed by atoms with Gasteiger partial charge in [0.15, 0.2) is 0 Å². The minimum Gasteiger partial charge on any atom is -0.507 e. The number of phenols is 2. The normalized spacial score (nSPS) is 12.5. The molecule has 0 radical (unpaired) electrons. The van der Waals surface area contributed by atoms with Crippen molar-refractivity contribution in [3.8, 4) is 11.5 Å². The second kappa shape index (κ2) is 7.77. The Morgan fingerprint density at radius 2 is 1.12 bits per heavy atom. The minimum absolute atomic E-state index is 0.210. The molecule has 0 heterocycles. The zero-order chi connectivity index (χ0) is 17.7. The molecule has 0 saturated heterocycles. The summed E-state index contributed by atoms with van der Waals surface area (Å²) in [4.78, 5) is 0. The first-order valence-corrected chi connectivity index (χ1v) is 8.19. The highest BCUT2D eigenvalue weighted by molar-refractivity contribution is 6.05. The van der Waals surface area contributed by atoms with E-state index in [0.717, 1.165) is 11.1 Å². The molecule has 24 heavy (non-hydrogen) atoms. The van der Waals surface area contributed by atoms with Gasteiger partial charge in [-0.2, -0.15) is 10.2 Å². The predicted molar refractivity (Wildman–Crippen MR) is 99.3 cm³/mol. The van der Waals surface area contributed by atoms with Crippen LogP contribution in [0.25, 0.3) is 0 Å². The third-order valence-electron chi connectivity index (χ3n) is 3.89. The van der Waals surface area contributed by atoms with Gasteiger partial charge in [0.25, 0.3) is 0 Å². The van der Waals surface area contributed by atoms with Gasteiger partial charge in [-0.1, -0.05) is 26.0 Å². The number of aromatic hydroxyl groups is 2. The average molecular weight is 324 g/mol. The van der Waals surface area contributed by atoms with Gasteiger partial charge in [-0.25, -0.2) is 0 Å². The van der Waals surface area contributed by atoms with E-state index in [4.69, 9.17) is 0 Å². The van der Waals surface area contributed by atoms with Crippen LogP contribution >= 0.6 is 0 Å². The maximum Gasteiger partial charge on any atom is 0.124 e. The Labute approximate surface area is 143 Å². The van der Waals surface area contributed by atoms with E-state index in [1.165, 1.54) is 0 Å². The first-order valence-electron chi connectivity index (χ1n) is 8.19. The van der Waals surface area contributed by atoms with Crippen molar-refractivity contribution in [3.63, 3.8) is 0 Å². The summed E-state index contributed by atoms with van der Waals surface area (Å²) in [5.41, 5.74) is 4.80. The van der Waals surface area contributed by atoms with Crippen LogP contribution < -0.4 is 0 Å². The summed E-state index contributed by atoms with van der Waals surface area (Å²) in [6.45, 7) is 7.81. The summed E-state index contributed by atoms with van der Waals surface area (Å²) in [5, 5.41) is 29.0. The van der Waals surface area contributed by atoms with Crippen molar-refractivity contribution in [3.05, 3.63) is 58.7 Å². The maximum absolute atomic E-state index is 10.1. The Kier molecular flexibility index (Phi) is 5.74. The SMILES string of the molecule is CCC(=NN=C(CC)c1ccc(C)cc1O)c1ccc(C)cc1O. The molecular weight excluding hydrogens is 300 g/mol. The Hall–Kier alpha value is -2.62. The van der Waals surface area contributed by atoms with Gasteiger partial charge in [-0.3, -0.25) is 0 Å². The lowest BCUT2D eigenvalue weighted by Crippen LogP contribution is -2.03. The number of rotatable bonds is 5. The molecule has 4 nitrogen and oxygen atoms in total. The highest BCUT2D eigenvalue weighted by Crippen LogP contribution is 2.23. The average Bonchev–Trinajstić information content (AvgIpc) is 2.54. The van der Waals surface area contributed by atoms with Gasteiger partial charge in [0.05, 0.1) is 11.4 Å². The molecule has 0 fully saturated rings. The summed E-state index contributed by atoms with van der Waals surface area (Å²) < 4.78 is 0. The largest absolute Gasteiger partial charge is 0.507 e. The number of aryl methyl sites for hydroxylation is 2. The second-order valence-corrected chi connectivity index (χ2v) is 5.84. The highest BCUT2D eigenvalue weighted by Gasteiger charge is 2.10. The molecule has 0 unspecified atom stereocenters. The topological polar surface area (TPSA) is 65.2 Å². The van der Waals surface area contributed by atoms with Crippen molar-refractivity contribution in [2.24, 2.45) is 10.2 Å². The molecule has 0 aliphatic carbocycles. The monoisotopic (exact) mass is 324 g/mol. The molecule has 0 aliphatic heterocycles. The molecule has 126 valence electrons. The number of nitrogens with zero attached hydrogens (tertiary/aromatic N) is 2. The molecule has 0 amide bonds. The van der Waals surface area contributed by atoms with E-state index < -0.39 is 0 Å². The van der Waals surface area contributed by atoms with Crippen molar-refractivity contribution in [1.29, 1.82) is 0 Å². The fraction of sp³-hybridized carbons (Fsp3) is 0.300. The Balaban J connectivity index is 2.43. The van der Waals surface area contributed by atoms with E-state index in [2.05, 4.69) is 10.2 Å². The van der Waals surface area contributed by atoms with Crippen molar-refractivity contribution < 1.29 is 10.2 Å². The van der Waals surface area contributed by atoms with Crippen LogP contribution in [0.15, 0.2) is 46.6 Å². The zero-order valence-corrected chi connectivity index (χ0v) is 14.7. The quantitative estimate of drug-likeness (QED) is 0.617. The molecule has 0 aliphatic rings. The molecule has 0 aromatic heterocycles. The Morgan fingerprint density at radius 3 is 1.42 bits per heavy atom. The highest BCUT2D eigenvalue weighted by atomic mass is 16.3. The van der Waals surface area contributed by atoms with Gasteiger partial charge in [0.1, 0.15) is 11.5 Å². The molecule has 0 saturated carbocycles. The maximum atomic E-state index is 10.1. The first kappa shape index (κ1) is 17.7. The second-order valence-electron chi connectivity index (χ2n) is 5.84. The Morgan fingerprint density at radius 1 is 0.750 bits per heavy atom. The van der Waals surface area contributed by atoms with Crippen LogP contribution in [0.2, 0.25) is 0 Å². The van der Waals surface area contributed by atoms with Crippen LogP contribution in [0.3, 0.4) is 0 Å². The van der Waals surface area contributed by atoms with Crippen LogP contribution in [0.5, 0.6) is 11.5 Å². The van der Waals surface area contributed by atoms with Crippen molar-refractivity contribution in [2.75, 3.05) is 0 Å². The van der Waals surface area contributed by atoms with Crippen LogP contribution in [-0.2, 0) is 0 Å². The standard InChI is InChI=1S/C20H24N2O2/c1-5-17(15-9-7-13(3)11-19(15)23)21-22-18(6-2)16-10-8-14(4)12-20(16)24/h7-12,23-24H,5-6H2,1-4H3. The smallest absolute Gasteiger partial charge is 0.124 e. The molecule has 2 rings (SSSR count). The van der Waals surface area contributed by atoms with Crippen molar-refractivity contribution in [2.45, 2.75) is 40.5 Å². The predicted octanol–water partition coefficient (Wildman–Crippen LogP) is 4.73. The molecule has 2 aromatic rings. The van der Waals surface area contributed by atoms with Crippen LogP contribution in [0.4, 0.5) is 0 Å². The third kappa shape index (κ3) is 4.02. The van der Waals surface area contributed by atoms with Gasteiger partial charge < -0.3 is 10.2 Å². The number of benzene rings is 2. The summed E-state index contributed by atoms with van der Waals surface area (Å²) in [6, 6.07) is 11.0. The lowest BCUT2D eigenvalue weighted by molar-refractivity contribution is 0.473. The van der Waals surface area contributed by atoms with Crippen molar-refractivity contribution in [1.82, 2.24) is 0 Å². The van der Waals surface area contributed by atoms with E-state index >= 15 is 0 Å². The molecule has 0 spiro atoms. The first-order chi connectivity index (χ1) is 11.5. The van der Waals surface area contributed by atoms with Gasteiger partial charge in [-0.05, 0) is 62.1 Å². The summed E-state index contributed by atoms with van der Waals surface area (Å²) >= 11 is 0. The molecule has 0 atom stereocenters. The number of hydrogen-bond acceptors (Lipinski definition) is 4. The number of hydrogen-bond donors (Lipinski definition) is 2. The van der Waals surface area contributed by atoms with Crippen molar-refractivity contribution >= 4 is 11.4 Å². The third-order valence-corrected chi connectivity index (χ3v) is 3.89. The van der Waals surface area contributed by atoms with E-state index in [0.29, 0.717) is 35.4 Å². The molecular formula is C20H24N2O2. The van der Waals surface area contributed by atoms with Crippen LogP contribution in [-0.4, -0.2) is 21.6 Å². The van der Waals surface area contributed by atoms with Gasteiger partial charge in [0, 0.05) is 11.1 Å². The van der Waals surface area contributed by atoms with Gasteiger partial charge >= 0.3 is 0 Å². The van der Waals surface area contributed by atoms with Crippen LogP contribution in [0, 0.1) is 13.8 Å². The lowest BCUT2D eigenvalue weighted by Gasteiger charge is -2.08. The van der Waals surface area contributed by atoms with Gasteiger partial charge in [-0.15, -0.1) is 0 Å². The zero-order valence-electron chi connectivity index (χ0n) is 14.7. The number of phenolic OH excluding ortho intramolecular Hbond substituents is 2. The fourth-order valence-corrected chi connectivity index (χ4v) is 2.52. The van der Waals surface area contributed by atoms with Gasteiger partial charge in [0.2, 0.25) is 0 Å². The molecule has 2 aromatic carbocycles. The van der Waals surface area contributed by atoms with E-state index in [-0.39, 0.29) is 11.5 Å². The Bertz CT molecular complexity index is 725. The van der Waals surface area contributed by atoms with Crippen LogP contribution in [0.1, 0.15) is 48.9 Å². The summed E-state index contributed by atoms with van der Waals surface area (Å²) in [6.07, 6.45) is 1.30. The lowest BCUT2D eigenvalue weighted by atomic mass is 10.0. The fourth-order valence-electron chi connectivity index (χ4n) is 2.52. The van der Waals surface area contributed by atoms with E-state index in [9.17, 15) is 10.2 Å². The minimum atomic E-state index is 0.210. The van der Waals surface area contributed by atoms with E-state index in [1.807, 2.05) is 52.0 Å².